The van der Waals surface area contributed by atoms with Crippen LogP contribution in [0.25, 0.3) is 0 Å². The number of anilines is 1. The van der Waals surface area contributed by atoms with E-state index in [9.17, 15) is 0 Å². The molecule has 1 aliphatic carbocycles. The monoisotopic (exact) mass is 373 g/mol. The molecule has 0 unspecified atom stereocenters. The maximum Gasteiger partial charge on any atom is 0.0554 e. The normalized spacial score (nSPS) is 25.5. The van der Waals surface area contributed by atoms with Crippen molar-refractivity contribution in [3.63, 3.8) is 0 Å². The van der Waals surface area contributed by atoms with E-state index in [0.717, 1.165) is 21.5 Å². The number of halogens is 2. The molecule has 0 saturated heterocycles. The molecule has 1 aliphatic heterocycles. The molecule has 2 aliphatic rings. The molecule has 1 nitrogen and oxygen atoms in total. The number of allylic oxidation sites excluding steroid dienone is 2. The van der Waals surface area contributed by atoms with Gasteiger partial charge in [0, 0.05) is 21.1 Å². The topological polar surface area (TPSA) is 12.0 Å². The fraction of sp³-hybridized carbons (Fsp3) is 0.263. The molecule has 1 N–H and O–H groups in total. The maximum absolute atomic E-state index is 6.34. The predicted octanol–water partition coefficient (Wildman–Crippen LogP) is 6.24. The summed E-state index contributed by atoms with van der Waals surface area (Å²) in [4.78, 5) is 0. The van der Waals surface area contributed by atoms with Crippen molar-refractivity contribution in [1.82, 2.24) is 0 Å². The molecule has 0 radical (unpaired) electrons. The van der Waals surface area contributed by atoms with Crippen LogP contribution in [0.5, 0.6) is 0 Å². The van der Waals surface area contributed by atoms with Gasteiger partial charge in [0.05, 0.1) is 6.04 Å². The first-order valence-corrected chi connectivity index (χ1v) is 8.80. The lowest BCUT2D eigenvalue weighted by Crippen LogP contribution is -2.29. The lowest BCUT2D eigenvalue weighted by atomic mass is 9.76. The summed E-state index contributed by atoms with van der Waals surface area (Å²) >= 11 is 9.86. The van der Waals surface area contributed by atoms with E-state index >= 15 is 0 Å². The predicted molar refractivity (Wildman–Crippen MR) is 96.7 cm³/mol. The molecule has 1 heterocycles. The summed E-state index contributed by atoms with van der Waals surface area (Å²) in [5.41, 5.74) is 5.09. The van der Waals surface area contributed by atoms with Crippen molar-refractivity contribution in [3.8, 4) is 0 Å². The molecule has 0 spiro atoms. The van der Waals surface area contributed by atoms with E-state index in [1.54, 1.807) is 0 Å². The minimum Gasteiger partial charge on any atom is -0.377 e. The second-order valence-electron chi connectivity index (χ2n) is 6.16. The highest BCUT2D eigenvalue weighted by Gasteiger charge is 2.38. The zero-order chi connectivity index (χ0) is 15.3. The van der Waals surface area contributed by atoms with Crippen LogP contribution in [-0.4, -0.2) is 0 Å². The van der Waals surface area contributed by atoms with Crippen molar-refractivity contribution in [2.75, 3.05) is 5.32 Å². The van der Waals surface area contributed by atoms with E-state index in [0.29, 0.717) is 17.9 Å². The number of fused-ring (bicyclic) bond motifs is 3. The maximum atomic E-state index is 6.34. The molecule has 0 aromatic heterocycles. The van der Waals surface area contributed by atoms with E-state index in [4.69, 9.17) is 11.6 Å². The van der Waals surface area contributed by atoms with Crippen molar-refractivity contribution in [1.29, 1.82) is 0 Å². The molecule has 0 fully saturated rings. The fourth-order valence-electron chi connectivity index (χ4n) is 3.79. The van der Waals surface area contributed by atoms with Crippen LogP contribution in [0.4, 0.5) is 5.69 Å². The summed E-state index contributed by atoms with van der Waals surface area (Å²) in [5.74, 6) is 1.06. The van der Waals surface area contributed by atoms with Crippen molar-refractivity contribution >= 4 is 33.2 Å². The summed E-state index contributed by atoms with van der Waals surface area (Å²) < 4.78 is 1.12. The van der Waals surface area contributed by atoms with Gasteiger partial charge in [0.1, 0.15) is 0 Å². The second-order valence-corrected chi connectivity index (χ2v) is 7.49. The van der Waals surface area contributed by atoms with Gasteiger partial charge in [0.25, 0.3) is 0 Å². The van der Waals surface area contributed by atoms with Gasteiger partial charge < -0.3 is 5.32 Å². The third-order valence-electron chi connectivity index (χ3n) is 4.96. The van der Waals surface area contributed by atoms with Crippen LogP contribution in [-0.2, 0) is 0 Å². The molecule has 0 bridgehead atoms. The highest BCUT2D eigenvalue weighted by Crippen LogP contribution is 2.51. The minimum atomic E-state index is 0.331. The molecular formula is C19H17BrClN. The van der Waals surface area contributed by atoms with Crippen LogP contribution in [0.2, 0.25) is 5.02 Å². The van der Waals surface area contributed by atoms with Crippen LogP contribution in [0, 0.1) is 12.8 Å². The first-order valence-electron chi connectivity index (χ1n) is 7.63. The van der Waals surface area contributed by atoms with E-state index in [-0.39, 0.29) is 0 Å². The average molecular weight is 375 g/mol. The average Bonchev–Trinajstić information content (AvgIpc) is 3.01. The van der Waals surface area contributed by atoms with Crippen LogP contribution in [0.15, 0.2) is 53.0 Å². The zero-order valence-corrected chi connectivity index (χ0v) is 14.7. The molecule has 3 atom stereocenters. The number of hydrogen-bond donors (Lipinski definition) is 1. The van der Waals surface area contributed by atoms with Crippen LogP contribution in [0.3, 0.4) is 0 Å². The number of benzene rings is 2. The summed E-state index contributed by atoms with van der Waals surface area (Å²) in [5, 5.41) is 4.61. The van der Waals surface area contributed by atoms with Crippen molar-refractivity contribution < 1.29 is 0 Å². The Morgan fingerprint density at radius 1 is 1.14 bits per heavy atom. The van der Waals surface area contributed by atoms with E-state index < -0.39 is 0 Å². The fourth-order valence-corrected chi connectivity index (χ4v) is 4.21. The van der Waals surface area contributed by atoms with E-state index in [1.807, 2.05) is 6.07 Å². The van der Waals surface area contributed by atoms with Crippen molar-refractivity contribution in [2.45, 2.75) is 25.3 Å². The summed E-state index contributed by atoms with van der Waals surface area (Å²) in [6.45, 7) is 2.10. The number of hydrogen-bond acceptors (Lipinski definition) is 1. The highest BCUT2D eigenvalue weighted by molar-refractivity contribution is 9.10. The standard InChI is InChI=1S/C19H17BrClN/c1-11-17(21)10-9-16-14-3-2-4-15(14)19(22-18(11)16)12-5-7-13(20)8-6-12/h2-3,5-10,14-15,19,22H,4H2,1H3/t14-,15+,19+/m0/s1. The van der Waals surface area contributed by atoms with Gasteiger partial charge in [0.2, 0.25) is 0 Å². The second kappa shape index (κ2) is 5.43. The molecule has 22 heavy (non-hydrogen) atoms. The Kier molecular flexibility index (Phi) is 3.54. The van der Waals surface area contributed by atoms with Gasteiger partial charge >= 0.3 is 0 Å². The van der Waals surface area contributed by atoms with Gasteiger partial charge in [-0.15, -0.1) is 0 Å². The Morgan fingerprint density at radius 2 is 1.91 bits per heavy atom. The Hall–Kier alpha value is -1.25. The minimum absolute atomic E-state index is 0.331. The SMILES string of the molecule is Cc1c(Cl)ccc2c1N[C@H](c1ccc(Br)cc1)[C@@H]1CC=C[C@H]21. The molecule has 0 saturated carbocycles. The van der Waals surface area contributed by atoms with Crippen molar-refractivity contribution in [3.05, 3.63) is 74.7 Å². The Bertz CT molecular complexity index is 751. The molecule has 0 amide bonds. The summed E-state index contributed by atoms with van der Waals surface area (Å²) in [6, 6.07) is 13.2. The van der Waals surface area contributed by atoms with Gasteiger partial charge in [-0.3, -0.25) is 0 Å². The van der Waals surface area contributed by atoms with Gasteiger partial charge in [-0.1, -0.05) is 57.9 Å². The Morgan fingerprint density at radius 3 is 2.68 bits per heavy atom. The third kappa shape index (κ3) is 2.21. The number of rotatable bonds is 1. The summed E-state index contributed by atoms with van der Waals surface area (Å²) in [6.07, 6.45) is 5.81. The molecule has 4 rings (SSSR count). The van der Waals surface area contributed by atoms with Gasteiger partial charge in [-0.2, -0.15) is 0 Å². The first-order chi connectivity index (χ1) is 10.6. The summed E-state index contributed by atoms with van der Waals surface area (Å²) in [7, 11) is 0. The molecule has 2 aromatic rings. The van der Waals surface area contributed by atoms with E-state index in [2.05, 4.69) is 70.7 Å². The lowest BCUT2D eigenvalue weighted by Gasteiger charge is -2.38. The molecule has 3 heteroatoms. The smallest absolute Gasteiger partial charge is 0.0554 e. The van der Waals surface area contributed by atoms with E-state index in [1.165, 1.54) is 16.8 Å². The largest absolute Gasteiger partial charge is 0.377 e. The van der Waals surface area contributed by atoms with Crippen LogP contribution >= 0.6 is 27.5 Å². The molecule has 2 aromatic carbocycles. The van der Waals surface area contributed by atoms with Crippen LogP contribution in [0.1, 0.15) is 35.1 Å². The quantitative estimate of drug-likeness (QED) is 0.583. The van der Waals surface area contributed by atoms with Gasteiger partial charge in [-0.05, 0) is 54.2 Å². The van der Waals surface area contributed by atoms with Crippen molar-refractivity contribution in [2.24, 2.45) is 5.92 Å². The lowest BCUT2D eigenvalue weighted by molar-refractivity contribution is 0.425. The number of nitrogens with one attached hydrogen (secondary N) is 1. The zero-order valence-electron chi connectivity index (χ0n) is 12.3. The van der Waals surface area contributed by atoms with Gasteiger partial charge in [-0.25, -0.2) is 0 Å². The highest BCUT2D eigenvalue weighted by atomic mass is 79.9. The molecular weight excluding hydrogens is 358 g/mol. The Labute approximate surface area is 144 Å². The first kappa shape index (κ1) is 14.3. The molecule has 112 valence electrons. The van der Waals surface area contributed by atoms with Gasteiger partial charge in [0.15, 0.2) is 0 Å². The van der Waals surface area contributed by atoms with Crippen LogP contribution < -0.4 is 5.32 Å². The Balaban J connectivity index is 1.82. The third-order valence-corrected chi connectivity index (χ3v) is 5.90.